The van der Waals surface area contributed by atoms with Gasteiger partial charge in [0.2, 0.25) is 0 Å². The maximum Gasteiger partial charge on any atom is 0.416 e. The third-order valence-corrected chi connectivity index (χ3v) is 5.47. The monoisotopic (exact) mass is 417 g/mol. The molecular weight excluding hydrogens is 407 g/mol. The van der Waals surface area contributed by atoms with E-state index in [1.54, 1.807) is 6.07 Å². The number of esters is 1. The second-order valence-corrected chi connectivity index (χ2v) is 7.42. The number of fused-ring (bicyclic) bond motifs is 1. The van der Waals surface area contributed by atoms with Crippen LogP contribution in [0, 0.1) is 0 Å². The topological polar surface area (TPSA) is 98.2 Å². The summed E-state index contributed by atoms with van der Waals surface area (Å²) < 4.78 is 78.8. The van der Waals surface area contributed by atoms with Gasteiger partial charge in [-0.3, -0.25) is 4.72 Å². The molecule has 1 aromatic heterocycles. The van der Waals surface area contributed by atoms with Crippen LogP contribution in [0.4, 0.5) is 18.9 Å². The van der Waals surface area contributed by atoms with Gasteiger partial charge in [-0.05, 0) is 30.3 Å². The van der Waals surface area contributed by atoms with Gasteiger partial charge in [0, 0.05) is 0 Å². The largest absolute Gasteiger partial charge is 0.465 e. The Morgan fingerprint density at radius 1 is 1.19 bits per heavy atom. The molecule has 142 valence electrons. The van der Waals surface area contributed by atoms with Crippen LogP contribution in [0.1, 0.15) is 15.9 Å². The molecule has 27 heavy (non-hydrogen) atoms. The van der Waals surface area contributed by atoms with E-state index in [0.29, 0.717) is 17.6 Å². The molecule has 3 rings (SSSR count). The van der Waals surface area contributed by atoms with Crippen molar-refractivity contribution in [3.8, 4) is 0 Å². The lowest BCUT2D eigenvalue weighted by Gasteiger charge is -2.14. The Balaban J connectivity index is 2.12. The normalized spacial score (nSPS) is 12.1. The summed E-state index contributed by atoms with van der Waals surface area (Å²) in [7, 11) is -3.33. The summed E-state index contributed by atoms with van der Waals surface area (Å²) in [6, 6.07) is 6.24. The van der Waals surface area contributed by atoms with Crippen molar-refractivity contribution in [1.82, 2.24) is 8.75 Å². The number of alkyl halides is 3. The van der Waals surface area contributed by atoms with Crippen LogP contribution in [0.2, 0.25) is 0 Å². The summed E-state index contributed by atoms with van der Waals surface area (Å²) in [5, 5.41) is 0. The number of hydrogen-bond donors (Lipinski definition) is 1. The Morgan fingerprint density at radius 2 is 1.93 bits per heavy atom. The van der Waals surface area contributed by atoms with E-state index in [1.807, 2.05) is 4.72 Å². The zero-order valence-electron chi connectivity index (χ0n) is 13.4. The fourth-order valence-electron chi connectivity index (χ4n) is 2.29. The van der Waals surface area contributed by atoms with Gasteiger partial charge in [-0.25, -0.2) is 13.2 Å². The smallest absolute Gasteiger partial charge is 0.416 e. The molecule has 0 aliphatic heterocycles. The van der Waals surface area contributed by atoms with E-state index < -0.39 is 33.4 Å². The molecule has 0 radical (unpaired) electrons. The predicted molar refractivity (Wildman–Crippen MR) is 91.0 cm³/mol. The molecule has 3 aromatic rings. The van der Waals surface area contributed by atoms with Crippen LogP contribution in [0.25, 0.3) is 11.0 Å². The summed E-state index contributed by atoms with van der Waals surface area (Å²) in [4.78, 5) is 11.6. The molecule has 0 fully saturated rings. The number of carbonyl (C=O) groups is 1. The zero-order valence-corrected chi connectivity index (χ0v) is 15.1. The van der Waals surface area contributed by atoms with Crippen molar-refractivity contribution in [2.24, 2.45) is 0 Å². The first-order valence-electron chi connectivity index (χ1n) is 7.17. The maximum atomic E-state index is 13.0. The van der Waals surface area contributed by atoms with Crippen molar-refractivity contribution < 1.29 is 31.1 Å². The third-order valence-electron chi connectivity index (χ3n) is 3.54. The number of carbonyl (C=O) groups excluding carboxylic acids is 1. The lowest BCUT2D eigenvalue weighted by Crippen LogP contribution is -2.18. The van der Waals surface area contributed by atoms with E-state index in [9.17, 15) is 26.4 Å². The number of nitrogens with one attached hydrogen (secondary N) is 1. The standard InChI is InChI=1S/C15H10F3N3O4S2/c1-25-14(22)9-6-5-8(15(16,17)18)7-11(9)21-27(23,24)12-4-2-3-10-13(12)20-26-19-10/h2-7,21H,1H3. The molecule has 1 heterocycles. The Bertz CT molecular complexity index is 1130. The average Bonchev–Trinajstić information content (AvgIpc) is 3.08. The molecule has 0 amide bonds. The summed E-state index contributed by atoms with van der Waals surface area (Å²) in [5.41, 5.74) is -1.65. The van der Waals surface area contributed by atoms with Crippen molar-refractivity contribution >= 4 is 44.4 Å². The molecule has 0 saturated carbocycles. The van der Waals surface area contributed by atoms with Gasteiger partial charge in [-0.15, -0.1) is 0 Å². The minimum absolute atomic E-state index is 0.0709. The van der Waals surface area contributed by atoms with Crippen LogP contribution in [-0.4, -0.2) is 30.2 Å². The van der Waals surface area contributed by atoms with E-state index in [1.165, 1.54) is 12.1 Å². The molecule has 1 N–H and O–H groups in total. The molecule has 0 aliphatic rings. The maximum absolute atomic E-state index is 13.0. The number of sulfonamides is 1. The minimum atomic E-state index is -4.73. The molecule has 12 heteroatoms. The molecule has 0 spiro atoms. The molecule has 0 atom stereocenters. The number of halogens is 3. The van der Waals surface area contributed by atoms with Gasteiger partial charge in [0.1, 0.15) is 15.9 Å². The first kappa shape index (κ1) is 19.0. The average molecular weight is 417 g/mol. The van der Waals surface area contributed by atoms with E-state index >= 15 is 0 Å². The number of ether oxygens (including phenoxy) is 1. The highest BCUT2D eigenvalue weighted by molar-refractivity contribution is 7.93. The Labute approximate surface area is 155 Å². The van der Waals surface area contributed by atoms with Gasteiger partial charge >= 0.3 is 12.1 Å². The molecule has 0 bridgehead atoms. The van der Waals surface area contributed by atoms with Crippen LogP contribution in [0.15, 0.2) is 41.3 Å². The first-order chi connectivity index (χ1) is 12.6. The number of methoxy groups -OCH3 is 1. The van der Waals surface area contributed by atoms with E-state index in [-0.39, 0.29) is 16.0 Å². The second kappa shape index (κ2) is 6.78. The van der Waals surface area contributed by atoms with Gasteiger partial charge < -0.3 is 4.74 Å². The summed E-state index contributed by atoms with van der Waals surface area (Å²) in [5.74, 6) is -0.991. The number of hydrogen-bond acceptors (Lipinski definition) is 7. The fourth-order valence-corrected chi connectivity index (χ4v) is 4.13. The highest BCUT2D eigenvalue weighted by atomic mass is 32.2. The molecule has 7 nitrogen and oxygen atoms in total. The SMILES string of the molecule is COC(=O)c1ccc(C(F)(F)F)cc1NS(=O)(=O)c1cccc2nsnc12. The number of anilines is 1. The fraction of sp³-hybridized carbons (Fsp3) is 0.133. The van der Waals surface area contributed by atoms with Crippen LogP contribution in [0.5, 0.6) is 0 Å². The van der Waals surface area contributed by atoms with Gasteiger partial charge in [0.05, 0.1) is 35.7 Å². The highest BCUT2D eigenvalue weighted by Gasteiger charge is 2.32. The van der Waals surface area contributed by atoms with Crippen molar-refractivity contribution in [2.75, 3.05) is 11.8 Å². The van der Waals surface area contributed by atoms with Gasteiger partial charge in [-0.2, -0.15) is 21.9 Å². The van der Waals surface area contributed by atoms with E-state index in [0.717, 1.165) is 24.9 Å². The number of rotatable bonds is 4. The van der Waals surface area contributed by atoms with Crippen LogP contribution < -0.4 is 4.72 Å². The van der Waals surface area contributed by atoms with E-state index in [4.69, 9.17) is 0 Å². The summed E-state index contributed by atoms with van der Waals surface area (Å²) in [6.07, 6.45) is -4.73. The summed E-state index contributed by atoms with van der Waals surface area (Å²) >= 11 is 0.792. The predicted octanol–water partition coefficient (Wildman–Crippen LogP) is 3.30. The number of benzene rings is 2. The quantitative estimate of drug-likeness (QED) is 0.654. The highest BCUT2D eigenvalue weighted by Crippen LogP contribution is 2.33. The molecule has 2 aromatic carbocycles. The molecule has 0 saturated heterocycles. The Kier molecular flexibility index (Phi) is 4.78. The van der Waals surface area contributed by atoms with Crippen molar-refractivity contribution in [3.05, 3.63) is 47.5 Å². The Hall–Kier alpha value is -2.73. The lowest BCUT2D eigenvalue weighted by atomic mass is 10.1. The van der Waals surface area contributed by atoms with E-state index in [2.05, 4.69) is 13.5 Å². The van der Waals surface area contributed by atoms with Crippen molar-refractivity contribution in [2.45, 2.75) is 11.1 Å². The van der Waals surface area contributed by atoms with Crippen molar-refractivity contribution in [3.63, 3.8) is 0 Å². The van der Waals surface area contributed by atoms with Crippen LogP contribution in [0.3, 0.4) is 0 Å². The Morgan fingerprint density at radius 3 is 2.59 bits per heavy atom. The van der Waals surface area contributed by atoms with Crippen molar-refractivity contribution in [1.29, 1.82) is 0 Å². The number of nitrogens with zero attached hydrogens (tertiary/aromatic N) is 2. The zero-order chi connectivity index (χ0) is 19.8. The lowest BCUT2D eigenvalue weighted by molar-refractivity contribution is -0.137. The van der Waals surface area contributed by atoms with Gasteiger partial charge in [-0.1, -0.05) is 6.07 Å². The molecule has 0 aliphatic carbocycles. The number of aromatic nitrogens is 2. The van der Waals surface area contributed by atoms with Crippen LogP contribution in [-0.2, 0) is 20.9 Å². The third kappa shape index (κ3) is 3.71. The van der Waals surface area contributed by atoms with Gasteiger partial charge in [0.25, 0.3) is 10.0 Å². The van der Waals surface area contributed by atoms with Crippen LogP contribution >= 0.6 is 11.7 Å². The summed E-state index contributed by atoms with van der Waals surface area (Å²) in [6.45, 7) is 0. The second-order valence-electron chi connectivity index (χ2n) is 5.24. The first-order valence-corrected chi connectivity index (χ1v) is 9.38. The molecule has 0 unspecified atom stereocenters. The molecular formula is C15H10F3N3O4S2. The minimum Gasteiger partial charge on any atom is -0.465 e. The van der Waals surface area contributed by atoms with Gasteiger partial charge in [0.15, 0.2) is 0 Å².